The van der Waals surface area contributed by atoms with Crippen molar-refractivity contribution in [2.75, 3.05) is 0 Å². The molecule has 53 heavy (non-hydrogen) atoms. The number of benzene rings is 3. The molecule has 0 radical (unpaired) electrons. The van der Waals surface area contributed by atoms with Crippen LogP contribution in [0.3, 0.4) is 0 Å². The molecular weight excluding hydrogens is 717 g/mol. The van der Waals surface area contributed by atoms with Gasteiger partial charge >= 0.3 is 6.09 Å². The second kappa shape index (κ2) is 17.4. The average Bonchev–Trinajstić information content (AvgIpc) is 3.52. The number of aromatic hydroxyl groups is 1. The Kier molecular flexibility index (Phi) is 13.0. The fourth-order valence-electron chi connectivity index (χ4n) is 6.63. The molecule has 282 valence electrons. The zero-order chi connectivity index (χ0) is 38.3. The third-order valence-corrected chi connectivity index (χ3v) is 10.8. The number of carbonyl (C=O) groups excluding carboxylic acids is 4. The number of hydrogen-bond acceptors (Lipinski definition) is 6. The predicted molar refractivity (Wildman–Crippen MR) is 206 cm³/mol. The van der Waals surface area contributed by atoms with Crippen molar-refractivity contribution in [3.8, 4) is 5.75 Å². The van der Waals surface area contributed by atoms with Crippen LogP contribution in [-0.4, -0.2) is 51.5 Å². The van der Waals surface area contributed by atoms with Gasteiger partial charge in [-0.25, -0.2) is 4.79 Å². The van der Waals surface area contributed by atoms with Crippen LogP contribution >= 0.6 is 23.2 Å². The standard InChI is InChI=1S/C40H47Cl2N5O6/c1-5-23(3)33(36(49)43-21-25-12-14-28(48)15-13-25)45-38(51)40(17-16-32-30(20-40)29-18-27(41)19-31(42)35(29)44-32)47-37(50)34(24(4)6-2)46-39(52)53-22-26-10-8-7-9-11-26/h7-15,18-19,23-24,33-34,44,48H,5-6,16-17,20-22H2,1-4H3,(H,43,49)(H,45,51)(H,46,52)(H,47,50)/t23-,24-,33?,34?,40+/m0/s1. The molecule has 1 aliphatic carbocycles. The highest BCUT2D eigenvalue weighted by atomic mass is 35.5. The summed E-state index contributed by atoms with van der Waals surface area (Å²) >= 11 is 13.0. The lowest BCUT2D eigenvalue weighted by Crippen LogP contribution is -2.67. The minimum absolute atomic E-state index is 0.0220. The highest BCUT2D eigenvalue weighted by Gasteiger charge is 2.47. The minimum Gasteiger partial charge on any atom is -0.508 e. The lowest BCUT2D eigenvalue weighted by Gasteiger charge is -2.39. The molecule has 5 rings (SSSR count). The summed E-state index contributed by atoms with van der Waals surface area (Å²) in [6, 6.07) is 17.1. The number of phenols is 1. The average molecular weight is 765 g/mol. The Bertz CT molecular complexity index is 1940. The van der Waals surface area contributed by atoms with Crippen LogP contribution in [0.25, 0.3) is 10.9 Å². The number of hydrogen-bond donors (Lipinski definition) is 6. The third kappa shape index (κ3) is 9.44. The largest absolute Gasteiger partial charge is 0.508 e. The predicted octanol–water partition coefficient (Wildman–Crippen LogP) is 6.71. The topological polar surface area (TPSA) is 162 Å². The molecule has 0 saturated carbocycles. The molecule has 1 aliphatic rings. The number of aromatic amines is 1. The molecule has 4 aromatic rings. The lowest BCUT2D eigenvalue weighted by molar-refractivity contribution is -0.138. The normalized spacial score (nSPS) is 17.5. The Balaban J connectivity index is 1.44. The van der Waals surface area contributed by atoms with Crippen molar-refractivity contribution >= 4 is 57.9 Å². The van der Waals surface area contributed by atoms with Gasteiger partial charge in [-0.3, -0.25) is 14.4 Å². The number of fused-ring (bicyclic) bond motifs is 3. The Hall–Kier alpha value is -4.74. The van der Waals surface area contributed by atoms with E-state index in [1.165, 1.54) is 12.1 Å². The number of ether oxygens (including phenoxy) is 1. The van der Waals surface area contributed by atoms with Gasteiger partial charge < -0.3 is 36.1 Å². The maximum atomic E-state index is 14.7. The van der Waals surface area contributed by atoms with Gasteiger partial charge in [0.25, 0.3) is 0 Å². The van der Waals surface area contributed by atoms with Crippen molar-refractivity contribution < 1.29 is 29.0 Å². The van der Waals surface area contributed by atoms with E-state index in [0.717, 1.165) is 27.8 Å². The van der Waals surface area contributed by atoms with Crippen LogP contribution in [0.4, 0.5) is 4.79 Å². The summed E-state index contributed by atoms with van der Waals surface area (Å²) in [6.45, 7) is 7.77. The second-order valence-corrected chi connectivity index (χ2v) is 14.8. The van der Waals surface area contributed by atoms with Crippen molar-refractivity contribution in [3.05, 3.63) is 99.2 Å². The van der Waals surface area contributed by atoms with Gasteiger partial charge in [-0.2, -0.15) is 0 Å². The summed E-state index contributed by atoms with van der Waals surface area (Å²) in [4.78, 5) is 59.2. The van der Waals surface area contributed by atoms with Crippen LogP contribution in [0.5, 0.6) is 5.75 Å². The third-order valence-electron chi connectivity index (χ3n) is 10.3. The number of aromatic nitrogens is 1. The molecule has 6 N–H and O–H groups in total. The van der Waals surface area contributed by atoms with E-state index >= 15 is 0 Å². The van der Waals surface area contributed by atoms with E-state index in [9.17, 15) is 24.3 Å². The number of alkyl carbamates (subject to hydrolysis) is 1. The molecule has 11 nitrogen and oxygen atoms in total. The smallest absolute Gasteiger partial charge is 0.408 e. The van der Waals surface area contributed by atoms with Gasteiger partial charge in [-0.15, -0.1) is 0 Å². The molecule has 2 unspecified atom stereocenters. The van der Waals surface area contributed by atoms with E-state index in [-0.39, 0.29) is 49.5 Å². The molecule has 4 amide bonds. The van der Waals surface area contributed by atoms with Gasteiger partial charge in [0.05, 0.1) is 10.5 Å². The molecule has 0 fully saturated rings. The molecule has 0 bridgehead atoms. The lowest BCUT2D eigenvalue weighted by atomic mass is 9.78. The summed E-state index contributed by atoms with van der Waals surface area (Å²) in [6.07, 6.45) is 1.03. The van der Waals surface area contributed by atoms with Gasteiger partial charge in [-0.05, 0) is 65.6 Å². The monoisotopic (exact) mass is 763 g/mol. The zero-order valence-electron chi connectivity index (χ0n) is 30.4. The van der Waals surface area contributed by atoms with E-state index in [4.69, 9.17) is 27.9 Å². The maximum Gasteiger partial charge on any atom is 0.408 e. The Morgan fingerprint density at radius 2 is 1.55 bits per heavy atom. The highest BCUT2D eigenvalue weighted by molar-refractivity contribution is 6.38. The summed E-state index contributed by atoms with van der Waals surface area (Å²) < 4.78 is 5.46. The number of nitrogens with one attached hydrogen (secondary N) is 5. The second-order valence-electron chi connectivity index (χ2n) is 13.9. The molecule has 5 atom stereocenters. The van der Waals surface area contributed by atoms with Crippen molar-refractivity contribution in [1.82, 2.24) is 26.3 Å². The van der Waals surface area contributed by atoms with E-state index in [0.29, 0.717) is 34.8 Å². The van der Waals surface area contributed by atoms with Crippen LogP contribution in [0.15, 0.2) is 66.7 Å². The molecule has 1 aromatic heterocycles. The minimum atomic E-state index is -1.52. The maximum absolute atomic E-state index is 14.7. The Morgan fingerprint density at radius 3 is 2.21 bits per heavy atom. The summed E-state index contributed by atoms with van der Waals surface area (Å²) in [5.74, 6) is -1.93. The molecule has 0 aliphatic heterocycles. The quantitative estimate of drug-likeness (QED) is 0.0837. The summed E-state index contributed by atoms with van der Waals surface area (Å²) in [7, 11) is 0. The van der Waals surface area contributed by atoms with Gasteiger partial charge in [0, 0.05) is 29.1 Å². The zero-order valence-corrected chi connectivity index (χ0v) is 31.9. The number of carbonyl (C=O) groups is 4. The summed E-state index contributed by atoms with van der Waals surface area (Å²) in [5, 5.41) is 22.9. The van der Waals surface area contributed by atoms with Crippen LogP contribution in [0.2, 0.25) is 10.0 Å². The number of phenolic OH excluding ortho intramolecular Hbond substituents is 1. The van der Waals surface area contributed by atoms with Gasteiger partial charge in [0.1, 0.15) is 30.0 Å². The molecule has 0 spiro atoms. The first-order valence-electron chi connectivity index (χ1n) is 18.0. The number of H-pyrrole nitrogens is 1. The Labute approximate surface area is 319 Å². The highest BCUT2D eigenvalue weighted by Crippen LogP contribution is 2.38. The number of amides is 4. The first-order chi connectivity index (χ1) is 25.3. The van der Waals surface area contributed by atoms with E-state index in [1.54, 1.807) is 24.3 Å². The molecular formula is C40H47Cl2N5O6. The summed E-state index contributed by atoms with van der Waals surface area (Å²) in [5.41, 5.74) is 2.37. The van der Waals surface area contributed by atoms with Crippen LogP contribution in [0.1, 0.15) is 69.3 Å². The van der Waals surface area contributed by atoms with Crippen LogP contribution in [-0.2, 0) is 45.1 Å². The van der Waals surface area contributed by atoms with Crippen molar-refractivity contribution in [3.63, 3.8) is 0 Å². The first-order valence-corrected chi connectivity index (χ1v) is 18.7. The number of rotatable bonds is 14. The SMILES string of the molecule is CC[C@H](C)C(NC(=O)OCc1ccccc1)C(=O)N[C@]1(C(=O)NC(C(=O)NCc2ccc(O)cc2)[C@@H](C)CC)CCc2[nH]c3c(Cl)cc(Cl)cc3c2C1. The van der Waals surface area contributed by atoms with Crippen LogP contribution in [0, 0.1) is 11.8 Å². The molecule has 13 heteroatoms. The van der Waals surface area contributed by atoms with Gasteiger partial charge in [0.2, 0.25) is 17.7 Å². The van der Waals surface area contributed by atoms with Crippen molar-refractivity contribution in [1.29, 1.82) is 0 Å². The van der Waals surface area contributed by atoms with Crippen molar-refractivity contribution in [2.45, 2.75) is 90.6 Å². The number of halogens is 2. The number of aryl methyl sites for hydroxylation is 1. The first kappa shape index (κ1) is 39.5. The van der Waals surface area contributed by atoms with E-state index in [2.05, 4.69) is 26.3 Å². The fourth-order valence-corrected chi connectivity index (χ4v) is 7.17. The van der Waals surface area contributed by atoms with Crippen molar-refractivity contribution in [2.24, 2.45) is 11.8 Å². The van der Waals surface area contributed by atoms with Gasteiger partial charge in [-0.1, -0.05) is 106 Å². The van der Waals surface area contributed by atoms with Gasteiger partial charge in [0.15, 0.2) is 0 Å². The fraction of sp³-hybridized carbons (Fsp3) is 0.400. The Morgan fingerprint density at radius 1 is 0.887 bits per heavy atom. The van der Waals surface area contributed by atoms with E-state index in [1.807, 2.05) is 58.0 Å². The van der Waals surface area contributed by atoms with E-state index < -0.39 is 35.5 Å². The molecule has 0 saturated heterocycles. The molecule has 1 heterocycles. The molecule has 3 aromatic carbocycles. The van der Waals surface area contributed by atoms with Crippen LogP contribution < -0.4 is 21.3 Å².